The molecule has 2 aromatic rings. The van der Waals surface area contributed by atoms with E-state index in [9.17, 15) is 8.42 Å². The first-order chi connectivity index (χ1) is 10.9. The lowest BCUT2D eigenvalue weighted by atomic mass is 10.2. The quantitative estimate of drug-likeness (QED) is 0.736. The van der Waals surface area contributed by atoms with Crippen molar-refractivity contribution in [1.29, 1.82) is 0 Å². The van der Waals surface area contributed by atoms with E-state index in [4.69, 9.17) is 11.6 Å². The predicted octanol–water partition coefficient (Wildman–Crippen LogP) is 3.67. The van der Waals surface area contributed by atoms with Crippen molar-refractivity contribution in [2.75, 3.05) is 26.2 Å². The third-order valence-corrected chi connectivity index (χ3v) is 7.86. The number of piperazine rings is 1. The predicted molar refractivity (Wildman–Crippen MR) is 97.5 cm³/mol. The SMILES string of the molecule is O=S(=O)(c1ccc(Cl)s1)N1CCN(Cc2cccc(Br)c2)CC1. The Morgan fingerprint density at radius 2 is 1.87 bits per heavy atom. The minimum atomic E-state index is -3.41. The highest BCUT2D eigenvalue weighted by molar-refractivity contribution is 9.10. The molecular weight excluding hydrogens is 420 g/mol. The van der Waals surface area contributed by atoms with Crippen molar-refractivity contribution in [2.45, 2.75) is 10.8 Å². The molecule has 0 bridgehead atoms. The molecule has 1 aromatic carbocycles. The van der Waals surface area contributed by atoms with E-state index in [2.05, 4.69) is 33.0 Å². The third-order valence-electron chi connectivity index (χ3n) is 3.77. The van der Waals surface area contributed by atoms with Crippen LogP contribution in [0.1, 0.15) is 5.56 Å². The van der Waals surface area contributed by atoms with E-state index >= 15 is 0 Å². The smallest absolute Gasteiger partial charge is 0.252 e. The van der Waals surface area contributed by atoms with E-state index in [0.29, 0.717) is 21.6 Å². The topological polar surface area (TPSA) is 40.6 Å². The molecule has 23 heavy (non-hydrogen) atoms. The zero-order valence-electron chi connectivity index (χ0n) is 12.3. The molecule has 124 valence electrons. The highest BCUT2D eigenvalue weighted by Gasteiger charge is 2.29. The molecule has 2 heterocycles. The number of thiophene rings is 1. The molecule has 0 amide bonds. The first-order valence-corrected chi connectivity index (χ1v) is 10.6. The maximum absolute atomic E-state index is 12.6. The summed E-state index contributed by atoms with van der Waals surface area (Å²) in [6, 6.07) is 11.4. The summed E-state index contributed by atoms with van der Waals surface area (Å²) >= 11 is 10.4. The summed E-state index contributed by atoms with van der Waals surface area (Å²) in [6.07, 6.45) is 0. The fraction of sp³-hybridized carbons (Fsp3) is 0.333. The van der Waals surface area contributed by atoms with Crippen molar-refractivity contribution in [3.8, 4) is 0 Å². The van der Waals surface area contributed by atoms with Gasteiger partial charge in [0.25, 0.3) is 10.0 Å². The van der Waals surface area contributed by atoms with Gasteiger partial charge in [-0.3, -0.25) is 4.90 Å². The second kappa shape index (κ2) is 7.21. The fourth-order valence-corrected chi connectivity index (χ4v) is 6.09. The van der Waals surface area contributed by atoms with Crippen LogP contribution in [0.5, 0.6) is 0 Å². The maximum atomic E-state index is 12.6. The normalized spacial score (nSPS) is 17.5. The van der Waals surface area contributed by atoms with E-state index in [1.807, 2.05) is 12.1 Å². The zero-order valence-corrected chi connectivity index (χ0v) is 16.3. The van der Waals surface area contributed by atoms with Crippen molar-refractivity contribution in [2.24, 2.45) is 0 Å². The second-order valence-corrected chi connectivity index (χ2v) is 10.2. The molecule has 0 spiro atoms. The standard InChI is InChI=1S/C15H16BrClN2O2S2/c16-13-3-1-2-12(10-13)11-18-6-8-19(9-7-18)23(20,21)15-5-4-14(17)22-15/h1-5,10H,6-9,11H2. The Hall–Kier alpha value is -0.440. The van der Waals surface area contributed by atoms with Gasteiger partial charge >= 0.3 is 0 Å². The Morgan fingerprint density at radius 3 is 2.48 bits per heavy atom. The van der Waals surface area contributed by atoms with Crippen LogP contribution < -0.4 is 0 Å². The van der Waals surface area contributed by atoms with Gasteiger partial charge in [0.2, 0.25) is 0 Å². The molecule has 1 aromatic heterocycles. The number of sulfonamides is 1. The number of hydrogen-bond acceptors (Lipinski definition) is 4. The Balaban J connectivity index is 1.62. The molecule has 3 rings (SSSR count). The lowest BCUT2D eigenvalue weighted by molar-refractivity contribution is 0.182. The van der Waals surface area contributed by atoms with Gasteiger partial charge in [0.1, 0.15) is 4.21 Å². The minimum absolute atomic E-state index is 0.322. The molecule has 0 atom stereocenters. The average molecular weight is 436 g/mol. The molecule has 1 saturated heterocycles. The molecule has 1 aliphatic heterocycles. The monoisotopic (exact) mass is 434 g/mol. The number of rotatable bonds is 4. The van der Waals surface area contributed by atoms with E-state index in [0.717, 1.165) is 35.4 Å². The molecule has 0 aliphatic carbocycles. The molecular formula is C15H16BrClN2O2S2. The largest absolute Gasteiger partial charge is 0.296 e. The lowest BCUT2D eigenvalue weighted by Gasteiger charge is -2.33. The van der Waals surface area contributed by atoms with Gasteiger partial charge in [-0.2, -0.15) is 4.31 Å². The Bertz CT molecular complexity index is 786. The summed E-state index contributed by atoms with van der Waals surface area (Å²) in [5, 5.41) is 0. The van der Waals surface area contributed by atoms with Crippen LogP contribution >= 0.6 is 38.9 Å². The van der Waals surface area contributed by atoms with Crippen LogP contribution in [-0.2, 0) is 16.6 Å². The van der Waals surface area contributed by atoms with Crippen LogP contribution in [0.4, 0.5) is 0 Å². The molecule has 8 heteroatoms. The van der Waals surface area contributed by atoms with Crippen LogP contribution in [0.25, 0.3) is 0 Å². The number of hydrogen-bond donors (Lipinski definition) is 0. The molecule has 0 radical (unpaired) electrons. The molecule has 0 N–H and O–H groups in total. The van der Waals surface area contributed by atoms with Crippen LogP contribution in [-0.4, -0.2) is 43.8 Å². The van der Waals surface area contributed by atoms with E-state index in [-0.39, 0.29) is 0 Å². The molecule has 4 nitrogen and oxygen atoms in total. The highest BCUT2D eigenvalue weighted by Crippen LogP contribution is 2.28. The highest BCUT2D eigenvalue weighted by atomic mass is 79.9. The minimum Gasteiger partial charge on any atom is -0.296 e. The van der Waals surface area contributed by atoms with Crippen LogP contribution in [0.15, 0.2) is 45.1 Å². The summed E-state index contributed by atoms with van der Waals surface area (Å²) in [5.41, 5.74) is 1.22. The van der Waals surface area contributed by atoms with Gasteiger partial charge in [-0.25, -0.2) is 8.42 Å². The number of halogens is 2. The lowest BCUT2D eigenvalue weighted by Crippen LogP contribution is -2.48. The fourth-order valence-electron chi connectivity index (χ4n) is 2.59. The van der Waals surface area contributed by atoms with Crippen molar-refractivity contribution in [1.82, 2.24) is 9.21 Å². The van der Waals surface area contributed by atoms with Crippen LogP contribution in [0.2, 0.25) is 4.34 Å². The summed E-state index contributed by atoms with van der Waals surface area (Å²) in [7, 11) is -3.41. The maximum Gasteiger partial charge on any atom is 0.252 e. The molecule has 0 unspecified atom stereocenters. The molecule has 1 aliphatic rings. The Kier molecular flexibility index (Phi) is 5.45. The van der Waals surface area contributed by atoms with E-state index in [1.165, 1.54) is 5.56 Å². The molecule has 0 saturated carbocycles. The number of benzene rings is 1. The van der Waals surface area contributed by atoms with Crippen molar-refractivity contribution >= 4 is 48.9 Å². The van der Waals surface area contributed by atoms with Crippen LogP contribution in [0.3, 0.4) is 0 Å². The summed E-state index contributed by atoms with van der Waals surface area (Å²) < 4.78 is 28.6. The van der Waals surface area contributed by atoms with Gasteiger partial charge in [0.05, 0.1) is 4.34 Å². The first kappa shape index (κ1) is 17.4. The van der Waals surface area contributed by atoms with Crippen molar-refractivity contribution < 1.29 is 8.42 Å². The van der Waals surface area contributed by atoms with Gasteiger partial charge in [0.15, 0.2) is 0 Å². The first-order valence-electron chi connectivity index (χ1n) is 7.17. The summed E-state index contributed by atoms with van der Waals surface area (Å²) in [4.78, 5) is 2.27. The van der Waals surface area contributed by atoms with Gasteiger partial charge < -0.3 is 0 Å². The summed E-state index contributed by atoms with van der Waals surface area (Å²) in [5.74, 6) is 0. The molecule has 1 fully saturated rings. The zero-order chi connectivity index (χ0) is 16.4. The van der Waals surface area contributed by atoms with Gasteiger partial charge in [0, 0.05) is 37.2 Å². The Labute approximate surface area is 153 Å². The van der Waals surface area contributed by atoms with E-state index < -0.39 is 10.0 Å². The average Bonchev–Trinajstić information content (AvgIpc) is 2.95. The third kappa shape index (κ3) is 4.15. The van der Waals surface area contributed by atoms with Gasteiger partial charge in [-0.15, -0.1) is 11.3 Å². The van der Waals surface area contributed by atoms with Gasteiger partial charge in [-0.1, -0.05) is 39.7 Å². The van der Waals surface area contributed by atoms with Crippen molar-refractivity contribution in [3.05, 3.63) is 50.8 Å². The van der Waals surface area contributed by atoms with Crippen molar-refractivity contribution in [3.63, 3.8) is 0 Å². The number of nitrogens with zero attached hydrogens (tertiary/aromatic N) is 2. The summed E-state index contributed by atoms with van der Waals surface area (Å²) in [6.45, 7) is 3.30. The second-order valence-electron chi connectivity index (χ2n) is 5.37. The Morgan fingerprint density at radius 1 is 1.13 bits per heavy atom. The van der Waals surface area contributed by atoms with Crippen LogP contribution in [0, 0.1) is 0 Å². The van der Waals surface area contributed by atoms with Gasteiger partial charge in [-0.05, 0) is 29.8 Å². The van der Waals surface area contributed by atoms with E-state index in [1.54, 1.807) is 16.4 Å².